The monoisotopic (exact) mass is 249 g/mol. The van der Waals surface area contributed by atoms with Crippen LogP contribution in [0.3, 0.4) is 0 Å². The number of rotatable bonds is 1. The first-order valence-corrected chi connectivity index (χ1v) is 5.87. The fourth-order valence-corrected chi connectivity index (χ4v) is 2.40. The van der Waals surface area contributed by atoms with Gasteiger partial charge in [-0.15, -0.1) is 0 Å². The molecule has 94 valence electrons. The van der Waals surface area contributed by atoms with Crippen molar-refractivity contribution in [1.29, 1.82) is 0 Å². The van der Waals surface area contributed by atoms with Crippen LogP contribution in [0.5, 0.6) is 0 Å². The molecule has 1 aromatic heterocycles. The molecule has 0 spiro atoms. The van der Waals surface area contributed by atoms with E-state index in [-0.39, 0.29) is 12.8 Å². The van der Waals surface area contributed by atoms with Gasteiger partial charge in [0.1, 0.15) is 0 Å². The van der Waals surface area contributed by atoms with Crippen LogP contribution >= 0.6 is 0 Å². The van der Waals surface area contributed by atoms with Crippen molar-refractivity contribution in [3.05, 3.63) is 29.8 Å². The van der Waals surface area contributed by atoms with Gasteiger partial charge in [-0.2, -0.15) is 5.10 Å². The summed E-state index contributed by atoms with van der Waals surface area (Å²) in [6, 6.07) is 5.66. The number of benzene rings is 1. The number of aromatic amines is 1. The number of anilines is 1. The SMILES string of the molecule is Nc1n[nH]c2cccc(C3=CCC(F)(F)CC3)c12. The highest BCUT2D eigenvalue weighted by molar-refractivity contribution is 5.98. The van der Waals surface area contributed by atoms with Crippen molar-refractivity contribution < 1.29 is 8.78 Å². The number of fused-ring (bicyclic) bond motifs is 1. The Bertz CT molecular complexity index is 628. The van der Waals surface area contributed by atoms with Crippen LogP contribution in [0.4, 0.5) is 14.6 Å². The summed E-state index contributed by atoms with van der Waals surface area (Å²) in [4.78, 5) is 0. The summed E-state index contributed by atoms with van der Waals surface area (Å²) in [5, 5.41) is 7.62. The molecular formula is C13H13F2N3. The quantitative estimate of drug-likeness (QED) is 0.814. The average molecular weight is 249 g/mol. The van der Waals surface area contributed by atoms with Gasteiger partial charge in [0.2, 0.25) is 0 Å². The smallest absolute Gasteiger partial charge is 0.251 e. The van der Waals surface area contributed by atoms with Crippen molar-refractivity contribution >= 4 is 22.3 Å². The van der Waals surface area contributed by atoms with Gasteiger partial charge in [-0.25, -0.2) is 8.78 Å². The number of nitrogens with zero attached hydrogens (tertiary/aromatic N) is 1. The van der Waals surface area contributed by atoms with E-state index in [2.05, 4.69) is 10.2 Å². The number of halogens is 2. The highest BCUT2D eigenvalue weighted by atomic mass is 19.3. The van der Waals surface area contributed by atoms with E-state index in [0.29, 0.717) is 12.2 Å². The summed E-state index contributed by atoms with van der Waals surface area (Å²) in [7, 11) is 0. The van der Waals surface area contributed by atoms with Crippen LogP contribution < -0.4 is 5.73 Å². The van der Waals surface area contributed by atoms with E-state index in [1.54, 1.807) is 6.08 Å². The molecule has 1 heterocycles. The molecule has 0 radical (unpaired) electrons. The van der Waals surface area contributed by atoms with E-state index in [4.69, 9.17) is 5.73 Å². The topological polar surface area (TPSA) is 54.7 Å². The van der Waals surface area contributed by atoms with Crippen LogP contribution in [-0.2, 0) is 0 Å². The summed E-state index contributed by atoms with van der Waals surface area (Å²) in [5.41, 5.74) is 8.50. The van der Waals surface area contributed by atoms with Gasteiger partial charge in [0, 0.05) is 12.8 Å². The molecule has 0 aliphatic heterocycles. The molecule has 1 aliphatic carbocycles. The van der Waals surface area contributed by atoms with Crippen molar-refractivity contribution in [1.82, 2.24) is 10.2 Å². The number of hydrogen-bond donors (Lipinski definition) is 2. The predicted octanol–water partition coefficient (Wildman–Crippen LogP) is 3.35. The van der Waals surface area contributed by atoms with Gasteiger partial charge in [-0.05, 0) is 23.6 Å². The number of alkyl halides is 2. The fraction of sp³-hybridized carbons (Fsp3) is 0.308. The molecule has 0 saturated heterocycles. The zero-order valence-corrected chi connectivity index (χ0v) is 9.71. The maximum Gasteiger partial charge on any atom is 0.251 e. The number of aromatic nitrogens is 2. The molecule has 1 aliphatic rings. The Kier molecular flexibility index (Phi) is 2.36. The van der Waals surface area contributed by atoms with Crippen molar-refractivity contribution in [3.63, 3.8) is 0 Å². The Morgan fingerprint density at radius 2 is 2.17 bits per heavy atom. The third-order valence-corrected chi connectivity index (χ3v) is 3.37. The number of H-pyrrole nitrogens is 1. The largest absolute Gasteiger partial charge is 0.382 e. The molecule has 0 atom stereocenters. The fourth-order valence-electron chi connectivity index (χ4n) is 2.40. The number of nitrogens with two attached hydrogens (primary N) is 1. The van der Waals surface area contributed by atoms with Crippen LogP contribution in [0.2, 0.25) is 0 Å². The molecule has 2 aromatic rings. The molecule has 5 heteroatoms. The van der Waals surface area contributed by atoms with Crippen LogP contribution in [0, 0.1) is 0 Å². The van der Waals surface area contributed by atoms with Gasteiger partial charge in [-0.1, -0.05) is 18.2 Å². The molecule has 0 bridgehead atoms. The van der Waals surface area contributed by atoms with Crippen LogP contribution in [0.25, 0.3) is 16.5 Å². The summed E-state index contributed by atoms with van der Waals surface area (Å²) in [6.07, 6.45) is 1.69. The highest BCUT2D eigenvalue weighted by Gasteiger charge is 2.31. The second kappa shape index (κ2) is 3.80. The van der Waals surface area contributed by atoms with E-state index in [1.165, 1.54) is 0 Å². The minimum absolute atomic E-state index is 0.104. The first kappa shape index (κ1) is 11.2. The van der Waals surface area contributed by atoms with Crippen molar-refractivity contribution in [2.24, 2.45) is 0 Å². The van der Waals surface area contributed by atoms with Gasteiger partial charge in [0.05, 0.1) is 10.9 Å². The van der Waals surface area contributed by atoms with E-state index < -0.39 is 5.92 Å². The van der Waals surface area contributed by atoms with Crippen LogP contribution in [0.1, 0.15) is 24.8 Å². The number of nitrogen functional groups attached to an aromatic ring is 1. The summed E-state index contributed by atoms with van der Waals surface area (Å²) < 4.78 is 26.3. The van der Waals surface area contributed by atoms with Gasteiger partial charge in [0.25, 0.3) is 5.92 Å². The van der Waals surface area contributed by atoms with Crippen molar-refractivity contribution in [2.45, 2.75) is 25.2 Å². The Hall–Kier alpha value is -1.91. The molecule has 18 heavy (non-hydrogen) atoms. The second-order valence-corrected chi connectivity index (χ2v) is 4.63. The molecule has 3 N–H and O–H groups in total. The Morgan fingerprint density at radius 1 is 1.33 bits per heavy atom. The predicted molar refractivity (Wildman–Crippen MR) is 67.3 cm³/mol. The average Bonchev–Trinajstić information content (AvgIpc) is 2.72. The van der Waals surface area contributed by atoms with Gasteiger partial charge in [0.15, 0.2) is 5.82 Å². The van der Waals surface area contributed by atoms with Crippen molar-refractivity contribution in [3.8, 4) is 0 Å². The lowest BCUT2D eigenvalue weighted by Gasteiger charge is -2.22. The molecule has 3 nitrogen and oxygen atoms in total. The molecule has 0 fully saturated rings. The van der Waals surface area contributed by atoms with Crippen molar-refractivity contribution in [2.75, 3.05) is 5.73 Å². The molecule has 0 unspecified atom stereocenters. The number of allylic oxidation sites excluding steroid dienone is 2. The molecule has 3 rings (SSSR count). The van der Waals surface area contributed by atoms with Gasteiger partial charge >= 0.3 is 0 Å². The maximum absolute atomic E-state index is 13.1. The lowest BCUT2D eigenvalue weighted by atomic mass is 9.90. The van der Waals surface area contributed by atoms with Gasteiger partial charge in [-0.3, -0.25) is 5.10 Å². The Labute approximate surface area is 103 Å². The molecule has 1 aromatic carbocycles. The minimum Gasteiger partial charge on any atom is -0.382 e. The molecule has 0 saturated carbocycles. The standard InChI is InChI=1S/C13H13F2N3/c14-13(15)6-4-8(5-7-13)9-2-1-3-10-11(9)12(16)18-17-10/h1-4H,5-7H2,(H3,16,17,18). The molecule has 0 amide bonds. The lowest BCUT2D eigenvalue weighted by molar-refractivity contribution is -0.00601. The van der Waals surface area contributed by atoms with Crippen LogP contribution in [-0.4, -0.2) is 16.1 Å². The Balaban J connectivity index is 2.10. The maximum atomic E-state index is 13.1. The van der Waals surface area contributed by atoms with E-state index in [9.17, 15) is 8.78 Å². The van der Waals surface area contributed by atoms with Crippen LogP contribution in [0.15, 0.2) is 24.3 Å². The summed E-state index contributed by atoms with van der Waals surface area (Å²) in [6.45, 7) is 0. The van der Waals surface area contributed by atoms with E-state index >= 15 is 0 Å². The lowest BCUT2D eigenvalue weighted by Crippen LogP contribution is -2.18. The third-order valence-electron chi connectivity index (χ3n) is 3.37. The first-order chi connectivity index (χ1) is 8.57. The number of nitrogens with one attached hydrogen (secondary N) is 1. The summed E-state index contributed by atoms with van der Waals surface area (Å²) >= 11 is 0. The summed E-state index contributed by atoms with van der Waals surface area (Å²) in [5.74, 6) is -2.15. The zero-order valence-electron chi connectivity index (χ0n) is 9.71. The Morgan fingerprint density at radius 3 is 2.89 bits per heavy atom. The number of hydrogen-bond acceptors (Lipinski definition) is 2. The molecular weight excluding hydrogens is 236 g/mol. The second-order valence-electron chi connectivity index (χ2n) is 4.63. The highest BCUT2D eigenvalue weighted by Crippen LogP contribution is 2.38. The first-order valence-electron chi connectivity index (χ1n) is 5.87. The normalized spacial score (nSPS) is 18.9. The zero-order chi connectivity index (χ0) is 12.8. The van der Waals surface area contributed by atoms with Gasteiger partial charge < -0.3 is 5.73 Å². The van der Waals surface area contributed by atoms with E-state index in [1.807, 2.05) is 18.2 Å². The van der Waals surface area contributed by atoms with E-state index in [0.717, 1.165) is 22.0 Å². The minimum atomic E-state index is -2.57. The third kappa shape index (κ3) is 1.75.